The average molecular weight is 347 g/mol. The van der Waals surface area contributed by atoms with Crippen LogP contribution in [0.1, 0.15) is 60.8 Å². The standard InChI is InChI=1S/C18H25N3O2S/c1-13(2)21-10-8-19-17(21)14-5-4-9-20(11-14)18(22)16-7-6-15(23-16)12-24-3/h6-8,10,13-14H,4-5,9,11-12H2,1-3H3/t14-/m1/s1. The predicted molar refractivity (Wildman–Crippen MR) is 96.4 cm³/mol. The summed E-state index contributed by atoms with van der Waals surface area (Å²) in [6.45, 7) is 5.82. The van der Waals surface area contributed by atoms with Gasteiger partial charge >= 0.3 is 0 Å². The third kappa shape index (κ3) is 3.53. The van der Waals surface area contributed by atoms with E-state index in [0.29, 0.717) is 24.3 Å². The van der Waals surface area contributed by atoms with Gasteiger partial charge in [-0.2, -0.15) is 11.8 Å². The van der Waals surface area contributed by atoms with Gasteiger partial charge in [0.1, 0.15) is 11.6 Å². The van der Waals surface area contributed by atoms with Gasteiger partial charge in [0.25, 0.3) is 5.91 Å². The Labute approximate surface area is 147 Å². The fourth-order valence-electron chi connectivity index (χ4n) is 3.32. The molecule has 0 saturated carbocycles. The zero-order valence-electron chi connectivity index (χ0n) is 14.6. The number of piperidine rings is 1. The number of amides is 1. The van der Waals surface area contributed by atoms with Gasteiger partial charge in [0.15, 0.2) is 5.76 Å². The predicted octanol–water partition coefficient (Wildman–Crippen LogP) is 3.94. The normalized spacial score (nSPS) is 18.3. The van der Waals surface area contributed by atoms with Crippen molar-refractivity contribution in [3.05, 3.63) is 41.9 Å². The summed E-state index contributed by atoms with van der Waals surface area (Å²) in [5.41, 5.74) is 0. The first kappa shape index (κ1) is 17.1. The molecule has 2 aromatic heterocycles. The monoisotopic (exact) mass is 347 g/mol. The first-order valence-corrected chi connectivity index (χ1v) is 9.89. The van der Waals surface area contributed by atoms with E-state index in [9.17, 15) is 4.79 Å². The molecular formula is C18H25N3O2S. The van der Waals surface area contributed by atoms with Gasteiger partial charge < -0.3 is 13.9 Å². The van der Waals surface area contributed by atoms with Crippen LogP contribution >= 0.6 is 11.8 Å². The highest BCUT2D eigenvalue weighted by molar-refractivity contribution is 7.97. The van der Waals surface area contributed by atoms with E-state index in [2.05, 4.69) is 23.4 Å². The van der Waals surface area contributed by atoms with Gasteiger partial charge in [0, 0.05) is 37.4 Å². The van der Waals surface area contributed by atoms with Crippen LogP contribution in [0.25, 0.3) is 0 Å². The van der Waals surface area contributed by atoms with Crippen LogP contribution in [-0.2, 0) is 5.75 Å². The molecule has 24 heavy (non-hydrogen) atoms. The van der Waals surface area contributed by atoms with E-state index >= 15 is 0 Å². The molecule has 1 saturated heterocycles. The lowest BCUT2D eigenvalue weighted by molar-refractivity contribution is 0.0669. The van der Waals surface area contributed by atoms with E-state index in [-0.39, 0.29) is 5.91 Å². The Kier molecular flexibility index (Phi) is 5.33. The second-order valence-electron chi connectivity index (χ2n) is 6.58. The maximum Gasteiger partial charge on any atom is 0.289 e. The summed E-state index contributed by atoms with van der Waals surface area (Å²) in [7, 11) is 0. The summed E-state index contributed by atoms with van der Waals surface area (Å²) < 4.78 is 7.90. The largest absolute Gasteiger partial charge is 0.455 e. The van der Waals surface area contributed by atoms with Crippen LogP contribution in [0.4, 0.5) is 0 Å². The Morgan fingerprint density at radius 1 is 1.46 bits per heavy atom. The number of hydrogen-bond donors (Lipinski definition) is 0. The number of rotatable bonds is 5. The van der Waals surface area contributed by atoms with E-state index in [1.54, 1.807) is 17.8 Å². The fourth-order valence-corrected chi connectivity index (χ4v) is 3.76. The van der Waals surface area contributed by atoms with Gasteiger partial charge in [-0.05, 0) is 45.1 Å². The SMILES string of the molecule is CSCc1ccc(C(=O)N2CCC[C@@H](c3nccn3C(C)C)C2)o1. The van der Waals surface area contributed by atoms with Crippen LogP contribution in [0.3, 0.4) is 0 Å². The van der Waals surface area contributed by atoms with Gasteiger partial charge in [-0.1, -0.05) is 0 Å². The molecule has 1 amide bonds. The van der Waals surface area contributed by atoms with Crippen molar-refractivity contribution >= 4 is 17.7 Å². The minimum absolute atomic E-state index is 0.00490. The number of hydrogen-bond acceptors (Lipinski definition) is 4. The van der Waals surface area contributed by atoms with Crippen molar-refractivity contribution in [1.82, 2.24) is 14.5 Å². The molecule has 3 heterocycles. The fraction of sp³-hybridized carbons (Fsp3) is 0.556. The van der Waals surface area contributed by atoms with Gasteiger partial charge in [-0.15, -0.1) is 0 Å². The molecule has 130 valence electrons. The molecule has 6 heteroatoms. The van der Waals surface area contributed by atoms with Crippen molar-refractivity contribution in [1.29, 1.82) is 0 Å². The van der Waals surface area contributed by atoms with Gasteiger partial charge in [-0.3, -0.25) is 4.79 Å². The minimum atomic E-state index is -0.00490. The number of carbonyl (C=O) groups is 1. The molecule has 0 spiro atoms. The van der Waals surface area contributed by atoms with Crippen molar-refractivity contribution < 1.29 is 9.21 Å². The van der Waals surface area contributed by atoms with E-state index in [1.165, 1.54) is 0 Å². The lowest BCUT2D eigenvalue weighted by Gasteiger charge is -2.32. The molecule has 0 unspecified atom stereocenters. The molecular weight excluding hydrogens is 322 g/mol. The highest BCUT2D eigenvalue weighted by Gasteiger charge is 2.29. The van der Waals surface area contributed by atoms with Crippen LogP contribution in [0.2, 0.25) is 0 Å². The summed E-state index contributed by atoms with van der Waals surface area (Å²) in [6, 6.07) is 4.08. The molecule has 5 nitrogen and oxygen atoms in total. The van der Waals surface area contributed by atoms with Crippen LogP contribution in [0.15, 0.2) is 28.9 Å². The summed E-state index contributed by atoms with van der Waals surface area (Å²) >= 11 is 1.69. The zero-order valence-corrected chi connectivity index (χ0v) is 15.4. The first-order valence-electron chi connectivity index (χ1n) is 8.49. The van der Waals surface area contributed by atoms with Crippen molar-refractivity contribution in [2.75, 3.05) is 19.3 Å². The van der Waals surface area contributed by atoms with Gasteiger partial charge in [0.2, 0.25) is 0 Å². The second-order valence-corrected chi connectivity index (χ2v) is 7.44. The molecule has 1 aliphatic heterocycles. The van der Waals surface area contributed by atoms with E-state index in [1.807, 2.05) is 29.6 Å². The number of nitrogens with zero attached hydrogens (tertiary/aromatic N) is 3. The molecule has 0 N–H and O–H groups in total. The number of likely N-dealkylation sites (tertiary alicyclic amines) is 1. The Morgan fingerprint density at radius 3 is 3.04 bits per heavy atom. The highest BCUT2D eigenvalue weighted by Crippen LogP contribution is 2.28. The maximum absolute atomic E-state index is 12.7. The number of aromatic nitrogens is 2. The van der Waals surface area contributed by atoms with Crippen molar-refractivity contribution in [3.8, 4) is 0 Å². The number of imidazole rings is 1. The minimum Gasteiger partial charge on any atom is -0.455 e. The molecule has 3 rings (SSSR count). The Bertz CT molecular complexity index is 692. The molecule has 0 aromatic carbocycles. The molecule has 0 bridgehead atoms. The number of furan rings is 1. The summed E-state index contributed by atoms with van der Waals surface area (Å²) in [5, 5.41) is 0. The van der Waals surface area contributed by atoms with E-state index < -0.39 is 0 Å². The Morgan fingerprint density at radius 2 is 2.29 bits per heavy atom. The van der Waals surface area contributed by atoms with Crippen molar-refractivity contribution in [2.45, 2.75) is 44.4 Å². The van der Waals surface area contributed by atoms with E-state index in [4.69, 9.17) is 4.42 Å². The lowest BCUT2D eigenvalue weighted by atomic mass is 9.96. The van der Waals surface area contributed by atoms with Crippen molar-refractivity contribution in [2.24, 2.45) is 0 Å². The summed E-state index contributed by atoms with van der Waals surface area (Å²) in [6.07, 6.45) is 7.98. The van der Waals surface area contributed by atoms with Crippen molar-refractivity contribution in [3.63, 3.8) is 0 Å². The summed E-state index contributed by atoms with van der Waals surface area (Å²) in [5.74, 6) is 3.48. The first-order chi connectivity index (χ1) is 11.6. The lowest BCUT2D eigenvalue weighted by Crippen LogP contribution is -2.39. The zero-order chi connectivity index (χ0) is 17.1. The van der Waals surface area contributed by atoms with E-state index in [0.717, 1.165) is 36.7 Å². The second kappa shape index (κ2) is 7.47. The third-order valence-electron chi connectivity index (χ3n) is 4.49. The topological polar surface area (TPSA) is 51.3 Å². The molecule has 0 aliphatic carbocycles. The van der Waals surface area contributed by atoms with Gasteiger partial charge in [0.05, 0.1) is 5.75 Å². The van der Waals surface area contributed by atoms with Crippen LogP contribution in [-0.4, -0.2) is 39.7 Å². The quantitative estimate of drug-likeness (QED) is 0.822. The maximum atomic E-state index is 12.7. The molecule has 0 radical (unpaired) electrons. The molecule has 2 aromatic rings. The Balaban J connectivity index is 1.72. The molecule has 1 aliphatic rings. The molecule has 1 fully saturated rings. The molecule has 1 atom stereocenters. The van der Waals surface area contributed by atoms with Crippen LogP contribution in [0.5, 0.6) is 0 Å². The summed E-state index contributed by atoms with van der Waals surface area (Å²) in [4.78, 5) is 19.2. The number of carbonyl (C=O) groups excluding carboxylic acids is 1. The van der Waals surface area contributed by atoms with Gasteiger partial charge in [-0.25, -0.2) is 4.98 Å². The average Bonchev–Trinajstić information content (AvgIpc) is 3.24. The van der Waals surface area contributed by atoms with Crippen LogP contribution in [0, 0.1) is 0 Å². The number of thioether (sulfide) groups is 1. The third-order valence-corrected chi connectivity index (χ3v) is 5.06. The van der Waals surface area contributed by atoms with Crippen LogP contribution < -0.4 is 0 Å². The Hall–Kier alpha value is -1.69. The smallest absolute Gasteiger partial charge is 0.289 e. The highest BCUT2D eigenvalue weighted by atomic mass is 32.2.